The molecule has 0 bridgehead atoms. The van der Waals surface area contributed by atoms with Gasteiger partial charge in [-0.15, -0.1) is 0 Å². The Kier molecular flexibility index (Phi) is 5.65. The van der Waals surface area contributed by atoms with Crippen molar-refractivity contribution in [2.45, 2.75) is 51.0 Å². The van der Waals surface area contributed by atoms with Gasteiger partial charge in [-0.05, 0) is 56.0 Å². The lowest BCUT2D eigenvalue weighted by molar-refractivity contribution is 0.418. The van der Waals surface area contributed by atoms with Gasteiger partial charge in [0.1, 0.15) is 5.82 Å². The number of benzene rings is 1. The molecular weight excluding hydrogens is 261 g/mol. The van der Waals surface area contributed by atoms with E-state index in [0.717, 1.165) is 24.3 Å². The minimum absolute atomic E-state index is 0.204. The van der Waals surface area contributed by atoms with Gasteiger partial charge in [-0.3, -0.25) is 0 Å². The molecule has 0 spiro atoms. The highest BCUT2D eigenvalue weighted by molar-refractivity contribution is 6.31. The van der Waals surface area contributed by atoms with Gasteiger partial charge >= 0.3 is 0 Å². The van der Waals surface area contributed by atoms with Crippen LogP contribution in [0, 0.1) is 11.7 Å². The number of hydrogen-bond donors (Lipinski definition) is 1. The SMILES string of the molecule is CNC(CCC1CCCC1)Cc1cc(F)ccc1Cl. The molecule has 0 aromatic heterocycles. The number of rotatable bonds is 6. The number of hydrogen-bond acceptors (Lipinski definition) is 1. The Morgan fingerprint density at radius 3 is 2.79 bits per heavy atom. The predicted molar refractivity (Wildman–Crippen MR) is 79.2 cm³/mol. The van der Waals surface area contributed by atoms with Crippen molar-refractivity contribution in [2.75, 3.05) is 7.05 Å². The summed E-state index contributed by atoms with van der Waals surface area (Å²) < 4.78 is 13.3. The third kappa shape index (κ3) is 4.47. The minimum atomic E-state index is -0.204. The summed E-state index contributed by atoms with van der Waals surface area (Å²) in [6.45, 7) is 0. The van der Waals surface area contributed by atoms with Gasteiger partial charge in [-0.2, -0.15) is 0 Å². The lowest BCUT2D eigenvalue weighted by Gasteiger charge is -2.19. The molecule has 1 N–H and O–H groups in total. The molecule has 1 nitrogen and oxygen atoms in total. The third-order valence-corrected chi connectivity index (χ3v) is 4.65. The molecule has 106 valence electrons. The largest absolute Gasteiger partial charge is 0.317 e. The normalized spacial score (nSPS) is 17.8. The maximum Gasteiger partial charge on any atom is 0.123 e. The van der Waals surface area contributed by atoms with Gasteiger partial charge < -0.3 is 5.32 Å². The van der Waals surface area contributed by atoms with Gasteiger partial charge in [0.15, 0.2) is 0 Å². The van der Waals surface area contributed by atoms with Crippen LogP contribution in [-0.4, -0.2) is 13.1 Å². The molecule has 1 fully saturated rings. The van der Waals surface area contributed by atoms with Crippen LogP contribution in [0.5, 0.6) is 0 Å². The maximum absolute atomic E-state index is 13.3. The second kappa shape index (κ2) is 7.25. The van der Waals surface area contributed by atoms with Crippen molar-refractivity contribution < 1.29 is 4.39 Å². The van der Waals surface area contributed by atoms with Crippen molar-refractivity contribution in [1.29, 1.82) is 0 Å². The molecule has 1 atom stereocenters. The molecule has 2 rings (SSSR count). The summed E-state index contributed by atoms with van der Waals surface area (Å²) >= 11 is 6.13. The molecule has 1 aromatic carbocycles. The fourth-order valence-electron chi connectivity index (χ4n) is 3.05. The van der Waals surface area contributed by atoms with E-state index in [1.807, 2.05) is 7.05 Å². The van der Waals surface area contributed by atoms with Gasteiger partial charge in [0.2, 0.25) is 0 Å². The number of halogens is 2. The smallest absolute Gasteiger partial charge is 0.123 e. The summed E-state index contributed by atoms with van der Waals surface area (Å²) in [7, 11) is 1.98. The van der Waals surface area contributed by atoms with Crippen molar-refractivity contribution in [3.8, 4) is 0 Å². The van der Waals surface area contributed by atoms with E-state index in [9.17, 15) is 4.39 Å². The molecule has 1 unspecified atom stereocenters. The Balaban J connectivity index is 1.88. The van der Waals surface area contributed by atoms with Gasteiger partial charge in [-0.25, -0.2) is 4.39 Å². The predicted octanol–water partition coefficient (Wildman–Crippen LogP) is 4.58. The fourth-order valence-corrected chi connectivity index (χ4v) is 3.24. The van der Waals surface area contributed by atoms with Crippen LogP contribution in [0.1, 0.15) is 44.1 Å². The van der Waals surface area contributed by atoms with E-state index < -0.39 is 0 Å². The Hall–Kier alpha value is -0.600. The first kappa shape index (κ1) is 14.8. The molecule has 0 amide bonds. The first-order valence-corrected chi connectivity index (χ1v) is 7.68. The Bertz CT molecular complexity index is 402. The lowest BCUT2D eigenvalue weighted by atomic mass is 9.95. The Labute approximate surface area is 120 Å². The maximum atomic E-state index is 13.3. The average molecular weight is 284 g/mol. The van der Waals surface area contributed by atoms with Gasteiger partial charge in [-0.1, -0.05) is 37.3 Å². The first-order chi connectivity index (χ1) is 9.19. The second-order valence-corrected chi connectivity index (χ2v) is 6.06. The van der Waals surface area contributed by atoms with Crippen molar-refractivity contribution in [3.63, 3.8) is 0 Å². The van der Waals surface area contributed by atoms with E-state index >= 15 is 0 Å². The zero-order chi connectivity index (χ0) is 13.7. The molecule has 0 heterocycles. The first-order valence-electron chi connectivity index (χ1n) is 7.30. The lowest BCUT2D eigenvalue weighted by Crippen LogP contribution is -2.28. The zero-order valence-corrected chi connectivity index (χ0v) is 12.3. The van der Waals surface area contributed by atoms with Crippen molar-refractivity contribution in [1.82, 2.24) is 5.32 Å². The monoisotopic (exact) mass is 283 g/mol. The van der Waals surface area contributed by atoms with Crippen molar-refractivity contribution >= 4 is 11.6 Å². The van der Waals surface area contributed by atoms with Crippen molar-refractivity contribution in [2.24, 2.45) is 5.92 Å². The van der Waals surface area contributed by atoms with Crippen LogP contribution in [0.2, 0.25) is 5.02 Å². The van der Waals surface area contributed by atoms with Crippen LogP contribution >= 0.6 is 11.6 Å². The second-order valence-electron chi connectivity index (χ2n) is 5.65. The highest BCUT2D eigenvalue weighted by Gasteiger charge is 2.17. The van der Waals surface area contributed by atoms with E-state index in [-0.39, 0.29) is 5.82 Å². The third-order valence-electron chi connectivity index (χ3n) is 4.28. The van der Waals surface area contributed by atoms with Crippen LogP contribution in [0.4, 0.5) is 4.39 Å². The van der Waals surface area contributed by atoms with E-state index in [0.29, 0.717) is 11.1 Å². The molecule has 0 saturated heterocycles. The summed E-state index contributed by atoms with van der Waals surface area (Å²) in [6.07, 6.45) is 8.79. The highest BCUT2D eigenvalue weighted by Crippen LogP contribution is 2.29. The number of nitrogens with one attached hydrogen (secondary N) is 1. The molecule has 1 aromatic rings. The topological polar surface area (TPSA) is 12.0 Å². The van der Waals surface area contributed by atoms with Gasteiger partial charge in [0, 0.05) is 11.1 Å². The van der Waals surface area contributed by atoms with E-state index in [1.54, 1.807) is 12.1 Å². The summed E-state index contributed by atoms with van der Waals surface area (Å²) in [5.74, 6) is 0.698. The Morgan fingerprint density at radius 1 is 1.37 bits per heavy atom. The molecule has 1 aliphatic rings. The van der Waals surface area contributed by atoms with Crippen LogP contribution < -0.4 is 5.32 Å². The average Bonchev–Trinajstić information content (AvgIpc) is 2.91. The van der Waals surface area contributed by atoms with Crippen LogP contribution in [-0.2, 0) is 6.42 Å². The zero-order valence-electron chi connectivity index (χ0n) is 11.6. The van der Waals surface area contributed by atoms with E-state index in [2.05, 4.69) is 5.32 Å². The molecule has 0 aliphatic heterocycles. The fraction of sp³-hybridized carbons (Fsp3) is 0.625. The van der Waals surface area contributed by atoms with E-state index in [1.165, 1.54) is 38.2 Å². The van der Waals surface area contributed by atoms with Crippen LogP contribution in [0.25, 0.3) is 0 Å². The van der Waals surface area contributed by atoms with Gasteiger partial charge in [0.05, 0.1) is 0 Å². The summed E-state index contributed by atoms with van der Waals surface area (Å²) in [5, 5.41) is 4.01. The summed E-state index contributed by atoms with van der Waals surface area (Å²) in [5.41, 5.74) is 0.910. The summed E-state index contributed by atoms with van der Waals surface area (Å²) in [6, 6.07) is 5.01. The van der Waals surface area contributed by atoms with Crippen LogP contribution in [0.3, 0.4) is 0 Å². The van der Waals surface area contributed by atoms with Gasteiger partial charge in [0.25, 0.3) is 0 Å². The quantitative estimate of drug-likeness (QED) is 0.806. The highest BCUT2D eigenvalue weighted by atomic mass is 35.5. The molecule has 19 heavy (non-hydrogen) atoms. The van der Waals surface area contributed by atoms with E-state index in [4.69, 9.17) is 11.6 Å². The van der Waals surface area contributed by atoms with Crippen molar-refractivity contribution in [3.05, 3.63) is 34.6 Å². The molecule has 1 aliphatic carbocycles. The molecule has 1 saturated carbocycles. The Morgan fingerprint density at radius 2 is 2.11 bits per heavy atom. The standard InChI is InChI=1S/C16H23ClFN/c1-19-15(8-6-12-4-2-3-5-12)11-13-10-14(18)7-9-16(13)17/h7,9-10,12,15,19H,2-6,8,11H2,1H3. The van der Waals surface area contributed by atoms with Crippen LogP contribution in [0.15, 0.2) is 18.2 Å². The molecule has 3 heteroatoms. The number of likely N-dealkylation sites (N-methyl/N-ethyl adjacent to an activating group) is 1. The summed E-state index contributed by atoms with van der Waals surface area (Å²) in [4.78, 5) is 0. The minimum Gasteiger partial charge on any atom is -0.317 e. The molecule has 0 radical (unpaired) electrons. The molecular formula is C16H23ClFN.